The minimum atomic E-state index is -4.61. The molecule has 14 nitrogen and oxygen atoms in total. The van der Waals surface area contributed by atoms with Crippen LogP contribution < -0.4 is 9.80 Å². The molecule has 340 valence electrons. The van der Waals surface area contributed by atoms with Gasteiger partial charge in [-0.3, -0.25) is 9.80 Å². The van der Waals surface area contributed by atoms with Crippen molar-refractivity contribution >= 4 is 42.9 Å². The van der Waals surface area contributed by atoms with E-state index in [1.807, 2.05) is 12.1 Å². The van der Waals surface area contributed by atoms with Crippen molar-refractivity contribution in [2.75, 3.05) is 36.4 Å². The molecule has 0 aromatic heterocycles. The largest absolute Gasteiger partial charge is 0.416 e. The van der Waals surface area contributed by atoms with Crippen LogP contribution in [0.15, 0.2) is 118 Å². The summed E-state index contributed by atoms with van der Waals surface area (Å²) in [4.78, 5) is 38.0. The molecule has 0 spiro atoms. The van der Waals surface area contributed by atoms with Gasteiger partial charge in [-0.1, -0.05) is 24.3 Å². The van der Waals surface area contributed by atoms with Crippen LogP contribution in [0.5, 0.6) is 0 Å². The highest BCUT2D eigenvalue weighted by atomic mass is 32.2. The van der Waals surface area contributed by atoms with Gasteiger partial charge < -0.3 is 9.80 Å². The van der Waals surface area contributed by atoms with Crippen molar-refractivity contribution in [3.63, 3.8) is 0 Å². The molecular weight excluding hydrogens is 911 g/mol. The van der Waals surface area contributed by atoms with Gasteiger partial charge in [0.05, 0.1) is 88.9 Å². The third kappa shape index (κ3) is 9.56. The highest BCUT2D eigenvalue weighted by molar-refractivity contribution is 7.92. The first kappa shape index (κ1) is 49.4. The van der Waals surface area contributed by atoms with E-state index in [-0.39, 0.29) is 66.2 Å². The number of nitrogens with zero attached hydrogens (tertiary/aromatic N) is 8. The molecule has 4 atom stereocenters. The molecule has 0 radical (unpaired) electrons. The van der Waals surface area contributed by atoms with Gasteiger partial charge in [0.25, 0.3) is 0 Å². The Kier molecular flexibility index (Phi) is 13.5. The minimum absolute atomic E-state index is 0.00710. The zero-order chi connectivity index (χ0) is 49.4. The highest BCUT2D eigenvalue weighted by Gasteiger charge is 2.42. The number of hydrogen-bond donors (Lipinski definition) is 2. The zero-order valence-electron chi connectivity index (χ0n) is 35.5. The number of allylic oxidation sites excluding steroid dienone is 2. The Labute approximate surface area is 376 Å². The second kappa shape index (κ2) is 18.1. The molecule has 2 N–H and O–H groups in total. The normalized spacial score (nSPS) is 18.5. The summed E-state index contributed by atoms with van der Waals surface area (Å²) in [6, 6.07) is 17.1. The number of alkyl halides is 6. The predicted octanol–water partition coefficient (Wildman–Crippen LogP) is 10.8. The summed E-state index contributed by atoms with van der Waals surface area (Å²) >= 11 is 0. The van der Waals surface area contributed by atoms with Crippen molar-refractivity contribution in [1.82, 2.24) is 9.80 Å². The first-order valence-electron chi connectivity index (χ1n) is 18.8. The van der Waals surface area contributed by atoms with Gasteiger partial charge in [0, 0.05) is 49.4 Å². The van der Waals surface area contributed by atoms with E-state index >= 15 is 0 Å². The Hall–Kier alpha value is -7.66. The van der Waals surface area contributed by atoms with Crippen molar-refractivity contribution in [2.24, 2.45) is 0 Å². The zero-order valence-corrected chi connectivity index (χ0v) is 37.2. The van der Waals surface area contributed by atoms with E-state index in [0.717, 1.165) is 43.9 Å². The van der Waals surface area contributed by atoms with E-state index < -0.39 is 67.1 Å². The topological polar surface area (TPSA) is 185 Å². The van der Waals surface area contributed by atoms with Crippen molar-refractivity contribution in [1.29, 1.82) is 20.1 Å². The fourth-order valence-corrected chi connectivity index (χ4v) is 9.36. The van der Waals surface area contributed by atoms with Gasteiger partial charge in [-0.25, -0.2) is 37.3 Å². The monoisotopic (exact) mass is 946 g/mol. The van der Waals surface area contributed by atoms with Crippen molar-refractivity contribution in [3.05, 3.63) is 164 Å². The molecule has 0 aliphatic carbocycles. The smallest absolute Gasteiger partial charge is 0.325 e. The molecule has 0 bridgehead atoms. The van der Waals surface area contributed by atoms with Crippen LogP contribution in [0.2, 0.25) is 0 Å². The molecule has 2 aliphatic heterocycles. The van der Waals surface area contributed by atoms with Crippen molar-refractivity contribution < 1.29 is 44.3 Å². The Morgan fingerprint density at radius 2 is 0.955 bits per heavy atom. The number of nitriles is 2. The van der Waals surface area contributed by atoms with Gasteiger partial charge in [0.1, 0.15) is 0 Å². The number of carbonyl (C=O) groups excluding carboxylic acids is 2. The quantitative estimate of drug-likeness (QED) is 0.143. The summed E-state index contributed by atoms with van der Waals surface area (Å²) in [5.41, 5.74) is -0.936. The number of amides is 4. The number of carbonyl (C=O) groups is 2. The molecule has 0 fully saturated rings. The van der Waals surface area contributed by atoms with Crippen LogP contribution in [0.4, 0.5) is 47.3 Å². The minimum Gasteiger partial charge on any atom is -0.325 e. The number of hydrogen-bond acceptors (Lipinski definition) is 8. The molecule has 6 rings (SSSR count). The lowest BCUT2D eigenvalue weighted by molar-refractivity contribution is -0.138. The predicted molar refractivity (Wildman–Crippen MR) is 231 cm³/mol. The molecule has 0 saturated carbocycles. The van der Waals surface area contributed by atoms with E-state index in [9.17, 15) is 54.9 Å². The molecule has 0 unspecified atom stereocenters. The second-order valence-electron chi connectivity index (χ2n) is 14.9. The van der Waals surface area contributed by atoms with Gasteiger partial charge in [0.15, 0.2) is 0 Å². The average molecular weight is 947 g/mol. The first-order chi connectivity index (χ1) is 30.6. The van der Waals surface area contributed by atoms with E-state index in [1.54, 1.807) is 0 Å². The highest BCUT2D eigenvalue weighted by Crippen LogP contribution is 2.44. The summed E-state index contributed by atoms with van der Waals surface area (Å²) in [5, 5.41) is 18.4. The van der Waals surface area contributed by atoms with Crippen LogP contribution >= 0.6 is 0 Å². The third-order valence-electron chi connectivity index (χ3n) is 10.5. The number of benzene rings is 4. The summed E-state index contributed by atoms with van der Waals surface area (Å²) in [6.07, 6.45) is -6.89. The molecule has 2 heterocycles. The Balaban J connectivity index is 0.000000247. The third-order valence-corrected chi connectivity index (χ3v) is 12.9. The number of rotatable bonds is 6. The van der Waals surface area contributed by atoms with E-state index in [0.29, 0.717) is 0 Å². The van der Waals surface area contributed by atoms with Crippen LogP contribution in [-0.4, -0.2) is 56.9 Å². The molecular formula is C44H36F6N10O4S2. The summed E-state index contributed by atoms with van der Waals surface area (Å²) in [5.74, 6) is 0. The van der Waals surface area contributed by atoms with Crippen LogP contribution in [0.1, 0.15) is 59.3 Å². The SMILES string of the molecule is [C-]#[N+]C1=C(C)N(c2cccc(C(F)(F)F)c2)C(=O)N(C)[C@@H]1c1ccc(C#N)cc1[S@@](C)(=N)=O.[C-]#[N+]C1=C(C)N(c2cccc(C(F)(F)F)c2)C(=O)N(C)[C@@H]1c1ccc(C#N)cc1[S@](C)(=N)=O. The van der Waals surface area contributed by atoms with Crippen LogP contribution in [0, 0.1) is 45.4 Å². The number of nitrogens with one attached hydrogen (secondary N) is 2. The van der Waals surface area contributed by atoms with Crippen LogP contribution in [0.25, 0.3) is 9.69 Å². The number of halogens is 6. The standard InChI is InChI=1S/2C22H18F3N5O2S/c2*1-13-19(28-2)20(17-9-8-14(12-26)10-18(17)33(4,27)32)29(3)21(31)30(13)16-7-5-6-15(11-16)22(23,24)25/h2*5-11,20,27H,1,3-4H3/t20-,33+;20-,33-/m11/s1. The second-order valence-corrected chi connectivity index (χ2v) is 19.2. The fourth-order valence-electron chi connectivity index (χ4n) is 7.40. The lowest BCUT2D eigenvalue weighted by atomic mass is 9.97. The van der Waals surface area contributed by atoms with Gasteiger partial charge >= 0.3 is 24.4 Å². The maximum Gasteiger partial charge on any atom is 0.416 e. The number of likely N-dealkylation sites (N-methyl/N-ethyl adjacent to an activating group) is 2. The molecule has 2 aliphatic rings. The van der Waals surface area contributed by atoms with Gasteiger partial charge in [-0.15, -0.1) is 0 Å². The van der Waals surface area contributed by atoms with Crippen molar-refractivity contribution in [2.45, 2.75) is 48.1 Å². The summed E-state index contributed by atoms with van der Waals surface area (Å²) in [6.45, 7) is 18.3. The van der Waals surface area contributed by atoms with Gasteiger partial charge in [0.2, 0.25) is 11.4 Å². The molecule has 4 aromatic rings. The number of urea groups is 2. The average Bonchev–Trinajstić information content (AvgIpc) is 3.25. The molecule has 4 aromatic carbocycles. The number of anilines is 2. The molecule has 66 heavy (non-hydrogen) atoms. The molecule has 4 amide bonds. The maximum absolute atomic E-state index is 13.3. The lowest BCUT2D eigenvalue weighted by Gasteiger charge is -2.40. The van der Waals surface area contributed by atoms with E-state index in [4.69, 9.17) is 22.7 Å². The molecule has 22 heteroatoms. The summed E-state index contributed by atoms with van der Waals surface area (Å²) < 4.78 is 121. The summed E-state index contributed by atoms with van der Waals surface area (Å²) in [7, 11) is -3.95. The lowest BCUT2D eigenvalue weighted by Crippen LogP contribution is -2.47. The Bertz CT molecular complexity index is 2950. The maximum atomic E-state index is 13.3. The van der Waals surface area contributed by atoms with Gasteiger partial charge in [-0.05, 0) is 85.6 Å². The van der Waals surface area contributed by atoms with Gasteiger partial charge in [-0.2, -0.15) is 36.9 Å². The van der Waals surface area contributed by atoms with Crippen LogP contribution in [-0.2, 0) is 31.8 Å². The van der Waals surface area contributed by atoms with E-state index in [1.165, 1.54) is 101 Å². The fraction of sp³-hybridized carbons (Fsp3) is 0.227. The van der Waals surface area contributed by atoms with E-state index in [2.05, 4.69) is 9.69 Å². The molecule has 0 saturated heterocycles. The van der Waals surface area contributed by atoms with Crippen molar-refractivity contribution in [3.8, 4) is 12.1 Å². The Morgan fingerprint density at radius 3 is 1.23 bits per heavy atom. The Morgan fingerprint density at radius 1 is 0.621 bits per heavy atom. The van der Waals surface area contributed by atoms with Crippen LogP contribution in [0.3, 0.4) is 0 Å². The first-order valence-corrected chi connectivity index (χ1v) is 22.8.